The van der Waals surface area contributed by atoms with Gasteiger partial charge in [0.05, 0.1) is 13.2 Å². The van der Waals surface area contributed by atoms with Gasteiger partial charge < -0.3 is 9.47 Å². The summed E-state index contributed by atoms with van der Waals surface area (Å²) in [5.41, 5.74) is 3.30. The Morgan fingerprint density at radius 1 is 0.909 bits per heavy atom. The predicted molar refractivity (Wildman–Crippen MR) is 183 cm³/mol. The van der Waals surface area contributed by atoms with Crippen LogP contribution in [0, 0.1) is 5.92 Å². The van der Waals surface area contributed by atoms with Crippen LogP contribution >= 0.6 is 0 Å². The maximum Gasteiger partial charge on any atom is 0.414 e. The molecule has 4 rings (SSSR count). The summed E-state index contributed by atoms with van der Waals surface area (Å²) < 4.78 is 11.9. The molecule has 0 bridgehead atoms. The van der Waals surface area contributed by atoms with Crippen LogP contribution in [0.3, 0.4) is 0 Å². The number of allylic oxidation sites excluding steroid dienone is 1. The van der Waals surface area contributed by atoms with Crippen LogP contribution < -0.4 is 4.74 Å². The zero-order chi connectivity index (χ0) is 32.2. The van der Waals surface area contributed by atoms with Crippen molar-refractivity contribution in [1.29, 1.82) is 0 Å². The molecular weight excluding hydrogens is 563 g/mol. The molecule has 0 saturated heterocycles. The quantitative estimate of drug-likeness (QED) is 0.249. The van der Waals surface area contributed by atoms with Crippen molar-refractivity contribution in [2.45, 2.75) is 128 Å². The number of nitrogens with zero attached hydrogens (tertiary/aromatic N) is 1. The number of ether oxygens (including phenoxy) is 2. The summed E-state index contributed by atoms with van der Waals surface area (Å²) in [4.78, 5) is 30.3. The largest absolute Gasteiger partial charge is 0.497 e. The molecule has 6 heteroatoms. The second-order valence-corrected chi connectivity index (χ2v) is 20.5. The number of carbonyl (C=O) groups excluding carboxylic acids is 2. The molecule has 1 aliphatic carbocycles. The lowest BCUT2D eigenvalue weighted by atomic mass is 9.66. The van der Waals surface area contributed by atoms with Crippen LogP contribution in [0.2, 0.25) is 16.6 Å². The van der Waals surface area contributed by atoms with Crippen LogP contribution in [0.25, 0.3) is 0 Å². The molecule has 2 aromatic rings. The Labute approximate surface area is 267 Å². The smallest absolute Gasteiger partial charge is 0.414 e. The Morgan fingerprint density at radius 3 is 2.07 bits per heavy atom. The van der Waals surface area contributed by atoms with E-state index in [2.05, 4.69) is 85.7 Å². The second kappa shape index (κ2) is 14.1. The molecule has 2 aliphatic rings. The minimum Gasteiger partial charge on any atom is -0.497 e. The highest BCUT2D eigenvalue weighted by atomic mass is 28.3. The summed E-state index contributed by atoms with van der Waals surface area (Å²) in [5.74, 6) is 1.21. The number of amides is 1. The van der Waals surface area contributed by atoms with Gasteiger partial charge in [0.15, 0.2) is 5.78 Å². The van der Waals surface area contributed by atoms with Crippen molar-refractivity contribution in [2.24, 2.45) is 5.92 Å². The minimum atomic E-state index is -2.31. The van der Waals surface area contributed by atoms with Gasteiger partial charge in [0.25, 0.3) is 0 Å². The molecule has 0 radical (unpaired) electrons. The fraction of sp³-hybridized carbons (Fsp3) is 0.579. The molecule has 0 N–H and O–H groups in total. The number of ketones is 1. The number of rotatable bonds is 10. The maximum atomic E-state index is 14.4. The molecule has 44 heavy (non-hydrogen) atoms. The highest BCUT2D eigenvalue weighted by molar-refractivity contribution is 6.93. The van der Waals surface area contributed by atoms with Gasteiger partial charge in [-0.1, -0.05) is 104 Å². The third-order valence-electron chi connectivity index (χ3n) is 11.0. The third kappa shape index (κ3) is 6.71. The van der Waals surface area contributed by atoms with Crippen molar-refractivity contribution in [2.75, 3.05) is 7.11 Å². The summed E-state index contributed by atoms with van der Waals surface area (Å²) in [7, 11) is -0.648. The normalized spacial score (nSPS) is 21.5. The number of hydrogen-bond donors (Lipinski definition) is 0. The molecule has 0 aromatic heterocycles. The Bertz CT molecular complexity index is 1280. The Balaban J connectivity index is 1.73. The van der Waals surface area contributed by atoms with E-state index in [1.165, 1.54) is 5.56 Å². The topological polar surface area (TPSA) is 55.8 Å². The number of carbonyl (C=O) groups is 2. The standard InChI is InChI=1S/C38H55NO4Si/c1-26(2)44(27(3)4,28(5)6)36-25-39(31(24-34(36)40)23-29-19-21-32(42-9)22-20-29)37(41)43-35-18-14-13-17-33(35)38(7,8)30-15-11-10-12-16-30/h10-12,15-16,19-22,25-28,31,33,35H,13-14,17-18,23-24H2,1-9H3/t31-,33-,35-/m0/s1. The van der Waals surface area contributed by atoms with Crippen molar-refractivity contribution < 1.29 is 19.1 Å². The van der Waals surface area contributed by atoms with Crippen molar-refractivity contribution in [1.82, 2.24) is 4.90 Å². The molecule has 0 unspecified atom stereocenters. The maximum absolute atomic E-state index is 14.4. The van der Waals surface area contributed by atoms with Crippen LogP contribution in [0.15, 0.2) is 66.0 Å². The molecule has 0 spiro atoms. The highest BCUT2D eigenvalue weighted by Gasteiger charge is 2.51. The van der Waals surface area contributed by atoms with Crippen molar-refractivity contribution in [3.8, 4) is 5.75 Å². The molecule has 1 heterocycles. The van der Waals surface area contributed by atoms with Crippen LogP contribution in [0.1, 0.15) is 98.6 Å². The zero-order valence-electron chi connectivity index (χ0n) is 28.6. The van der Waals surface area contributed by atoms with E-state index in [4.69, 9.17) is 9.47 Å². The van der Waals surface area contributed by atoms with Gasteiger partial charge in [0, 0.05) is 18.5 Å². The van der Waals surface area contributed by atoms with E-state index in [9.17, 15) is 9.59 Å². The lowest BCUT2D eigenvalue weighted by molar-refractivity contribution is -0.116. The molecule has 240 valence electrons. The van der Waals surface area contributed by atoms with Gasteiger partial charge >= 0.3 is 6.09 Å². The first-order valence-electron chi connectivity index (χ1n) is 16.8. The molecular formula is C38H55NO4Si. The van der Waals surface area contributed by atoms with Crippen LogP contribution in [0.4, 0.5) is 4.79 Å². The lowest BCUT2D eigenvalue weighted by Crippen LogP contribution is -2.54. The molecule has 3 atom stereocenters. The number of Topliss-reactive ketones (excluding diaryl/α,β-unsaturated/α-hetero) is 1. The van der Waals surface area contributed by atoms with Crippen molar-refractivity contribution in [3.63, 3.8) is 0 Å². The monoisotopic (exact) mass is 617 g/mol. The molecule has 1 amide bonds. The summed E-state index contributed by atoms with van der Waals surface area (Å²) >= 11 is 0. The van der Waals surface area contributed by atoms with Gasteiger partial charge in [-0.3, -0.25) is 9.69 Å². The lowest BCUT2D eigenvalue weighted by Gasteiger charge is -2.47. The minimum absolute atomic E-state index is 0.136. The van der Waals surface area contributed by atoms with E-state index in [0.717, 1.165) is 42.2 Å². The van der Waals surface area contributed by atoms with Gasteiger partial charge in [-0.2, -0.15) is 0 Å². The van der Waals surface area contributed by atoms with Gasteiger partial charge in [-0.15, -0.1) is 0 Å². The highest BCUT2D eigenvalue weighted by Crippen LogP contribution is 2.49. The Morgan fingerprint density at radius 2 is 1.50 bits per heavy atom. The van der Waals surface area contributed by atoms with E-state index in [0.29, 0.717) is 29.5 Å². The third-order valence-corrected chi connectivity index (χ3v) is 18.0. The fourth-order valence-corrected chi connectivity index (χ4v) is 15.6. The summed E-state index contributed by atoms with van der Waals surface area (Å²) in [6.07, 6.45) is 6.45. The molecule has 2 aromatic carbocycles. The number of methoxy groups -OCH3 is 1. The second-order valence-electron chi connectivity index (χ2n) is 14.6. The average molecular weight is 618 g/mol. The zero-order valence-corrected chi connectivity index (χ0v) is 29.6. The first-order chi connectivity index (χ1) is 20.8. The first-order valence-corrected chi connectivity index (χ1v) is 19.0. The van der Waals surface area contributed by atoms with Gasteiger partial charge in [0.1, 0.15) is 19.9 Å². The van der Waals surface area contributed by atoms with Crippen LogP contribution in [-0.2, 0) is 21.4 Å². The molecule has 5 nitrogen and oxygen atoms in total. The summed E-state index contributed by atoms with van der Waals surface area (Å²) in [6.45, 7) is 18.2. The average Bonchev–Trinajstić information content (AvgIpc) is 2.99. The molecule has 1 fully saturated rings. The van der Waals surface area contributed by atoms with E-state index in [-0.39, 0.29) is 35.4 Å². The van der Waals surface area contributed by atoms with Crippen molar-refractivity contribution >= 4 is 20.0 Å². The Hall–Kier alpha value is -2.86. The number of hydrogen-bond acceptors (Lipinski definition) is 4. The van der Waals surface area contributed by atoms with Crippen LogP contribution in [-0.4, -0.2) is 44.1 Å². The summed E-state index contributed by atoms with van der Waals surface area (Å²) in [5, 5.41) is 0.908. The van der Waals surface area contributed by atoms with E-state index in [1.807, 2.05) is 35.4 Å². The van der Waals surface area contributed by atoms with Gasteiger partial charge in [0.2, 0.25) is 0 Å². The fourth-order valence-electron chi connectivity index (χ4n) is 8.77. The van der Waals surface area contributed by atoms with E-state index >= 15 is 0 Å². The predicted octanol–water partition coefficient (Wildman–Crippen LogP) is 9.66. The van der Waals surface area contributed by atoms with E-state index in [1.54, 1.807) is 7.11 Å². The number of benzene rings is 2. The first kappa shape index (κ1) is 34.0. The SMILES string of the molecule is COc1ccc(C[C@H]2CC(=O)C([Si](C(C)C)(C(C)C)C(C)C)=CN2C(=O)O[C@H]2CCCC[C@@H]2C(C)(C)c2ccccc2)cc1. The Kier molecular flexibility index (Phi) is 10.9. The molecule has 1 saturated carbocycles. The van der Waals surface area contributed by atoms with Gasteiger partial charge in [-0.05, 0) is 76.2 Å². The van der Waals surface area contributed by atoms with Crippen molar-refractivity contribution in [3.05, 3.63) is 77.1 Å². The summed E-state index contributed by atoms with van der Waals surface area (Å²) in [6, 6.07) is 18.3. The molecule has 1 aliphatic heterocycles. The van der Waals surface area contributed by atoms with E-state index < -0.39 is 8.07 Å². The van der Waals surface area contributed by atoms with Crippen LogP contribution in [0.5, 0.6) is 5.75 Å². The van der Waals surface area contributed by atoms with Gasteiger partial charge in [-0.25, -0.2) is 4.79 Å².